The third kappa shape index (κ3) is 3.62. The maximum absolute atomic E-state index is 12.1. The molecule has 90 valence electrons. The molecule has 0 unspecified atom stereocenters. The highest BCUT2D eigenvalue weighted by atomic mass is 79.9. The van der Waals surface area contributed by atoms with E-state index in [1.165, 1.54) is 0 Å². The van der Waals surface area contributed by atoms with Crippen molar-refractivity contribution in [3.8, 4) is 0 Å². The van der Waals surface area contributed by atoms with Crippen LogP contribution in [0.3, 0.4) is 0 Å². The molecule has 0 amide bonds. The normalized spacial score (nSPS) is 11.8. The van der Waals surface area contributed by atoms with Gasteiger partial charge in [0.15, 0.2) is 0 Å². The zero-order chi connectivity index (χ0) is 12.3. The number of alkyl halides is 3. The molecule has 0 aliphatic carbocycles. The number of hydrogen-bond donors (Lipinski definition) is 1. The average molecular weight is 299 g/mol. The lowest BCUT2D eigenvalue weighted by molar-refractivity contribution is -0.128. The maximum atomic E-state index is 12.1. The summed E-state index contributed by atoms with van der Waals surface area (Å²) in [6.45, 7) is 1.86. The minimum atomic E-state index is -4.37. The zero-order valence-corrected chi connectivity index (χ0v) is 10.1. The monoisotopic (exact) mass is 298 g/mol. The molecule has 0 aliphatic heterocycles. The van der Waals surface area contributed by atoms with Crippen molar-refractivity contribution < 1.29 is 13.2 Å². The van der Waals surface area contributed by atoms with E-state index in [9.17, 15) is 18.0 Å². The molecule has 1 N–H and O–H groups in total. The van der Waals surface area contributed by atoms with E-state index in [-0.39, 0.29) is 10.3 Å². The topological polar surface area (TPSA) is 45.8 Å². The Morgan fingerprint density at radius 2 is 2.06 bits per heavy atom. The molecular formula is C9H10BrF3N2O. The molecule has 1 heterocycles. The second-order valence-corrected chi connectivity index (χ2v) is 4.11. The van der Waals surface area contributed by atoms with Crippen molar-refractivity contribution in [2.45, 2.75) is 32.4 Å². The van der Waals surface area contributed by atoms with E-state index < -0.39 is 18.2 Å². The molecule has 0 fully saturated rings. The summed E-state index contributed by atoms with van der Waals surface area (Å²) in [5, 5.41) is 0. The number of nitrogens with zero attached hydrogens (tertiary/aromatic N) is 1. The highest BCUT2D eigenvalue weighted by Crippen LogP contribution is 2.20. The number of aryl methyl sites for hydroxylation is 1. The van der Waals surface area contributed by atoms with Gasteiger partial charge in [-0.15, -0.1) is 0 Å². The van der Waals surface area contributed by atoms with Gasteiger partial charge in [0.05, 0.1) is 5.69 Å². The molecular weight excluding hydrogens is 289 g/mol. The van der Waals surface area contributed by atoms with E-state index in [4.69, 9.17) is 0 Å². The lowest BCUT2D eigenvalue weighted by Crippen LogP contribution is -2.21. The van der Waals surface area contributed by atoms with Crippen molar-refractivity contribution >= 4 is 15.9 Å². The van der Waals surface area contributed by atoms with Crippen molar-refractivity contribution in [1.29, 1.82) is 0 Å². The largest absolute Gasteiger partial charge is 0.396 e. The van der Waals surface area contributed by atoms with Crippen LogP contribution in [0, 0.1) is 0 Å². The molecule has 0 radical (unpaired) electrons. The highest BCUT2D eigenvalue weighted by molar-refractivity contribution is 9.10. The summed E-state index contributed by atoms with van der Waals surface area (Å²) in [7, 11) is 0. The molecule has 0 saturated heterocycles. The van der Waals surface area contributed by atoms with Crippen LogP contribution in [0.1, 0.15) is 24.9 Å². The Balaban J connectivity index is 3.09. The third-order valence-corrected chi connectivity index (χ3v) is 2.65. The SMILES string of the molecule is CCCc1nc(CC(F)(F)F)[nH]c(=O)c1Br. The van der Waals surface area contributed by atoms with Gasteiger partial charge in [-0.05, 0) is 22.4 Å². The molecule has 3 nitrogen and oxygen atoms in total. The Morgan fingerprint density at radius 3 is 2.56 bits per heavy atom. The molecule has 0 spiro atoms. The van der Waals surface area contributed by atoms with Crippen LogP contribution in [0.5, 0.6) is 0 Å². The number of H-pyrrole nitrogens is 1. The Kier molecular flexibility index (Phi) is 4.12. The first-order valence-corrected chi connectivity index (χ1v) is 5.47. The second-order valence-electron chi connectivity index (χ2n) is 3.32. The van der Waals surface area contributed by atoms with Crippen LogP contribution < -0.4 is 5.56 Å². The standard InChI is InChI=1S/C9H10BrF3N2O/c1-2-3-5-7(10)8(16)15-6(14-5)4-9(11,12)13/h2-4H2,1H3,(H,14,15,16). The predicted octanol–water partition coefficient (Wildman–Crippen LogP) is 2.59. The number of nitrogens with one attached hydrogen (secondary N) is 1. The quantitative estimate of drug-likeness (QED) is 0.932. The Labute approximate surface area is 98.2 Å². The zero-order valence-electron chi connectivity index (χ0n) is 8.49. The van der Waals surface area contributed by atoms with E-state index in [0.717, 1.165) is 0 Å². The summed E-state index contributed by atoms with van der Waals surface area (Å²) in [6, 6.07) is 0. The van der Waals surface area contributed by atoms with Crippen molar-refractivity contribution in [2.24, 2.45) is 0 Å². The Bertz CT molecular complexity index is 428. The number of hydrogen-bond acceptors (Lipinski definition) is 2. The first kappa shape index (κ1) is 13.2. The van der Waals surface area contributed by atoms with E-state index in [1.807, 2.05) is 6.92 Å². The molecule has 7 heteroatoms. The highest BCUT2D eigenvalue weighted by Gasteiger charge is 2.29. The predicted molar refractivity (Wildman–Crippen MR) is 56.3 cm³/mol. The van der Waals surface area contributed by atoms with Gasteiger partial charge < -0.3 is 4.98 Å². The lowest BCUT2D eigenvalue weighted by atomic mass is 10.2. The molecule has 1 aromatic rings. The van der Waals surface area contributed by atoms with Gasteiger partial charge in [-0.25, -0.2) is 4.98 Å². The minimum Gasteiger partial charge on any atom is -0.309 e. The number of aromatic amines is 1. The Hall–Kier alpha value is -0.850. The van der Waals surface area contributed by atoms with E-state index in [1.54, 1.807) is 0 Å². The lowest BCUT2D eigenvalue weighted by Gasteiger charge is -2.08. The fourth-order valence-corrected chi connectivity index (χ4v) is 1.62. The van der Waals surface area contributed by atoms with Crippen LogP contribution in [-0.2, 0) is 12.8 Å². The summed E-state index contributed by atoms with van der Waals surface area (Å²) in [5.41, 5.74) is -0.205. The van der Waals surface area contributed by atoms with Crippen molar-refractivity contribution in [3.63, 3.8) is 0 Å². The summed E-state index contributed by atoms with van der Waals surface area (Å²) >= 11 is 3.01. The van der Waals surface area contributed by atoms with Crippen molar-refractivity contribution in [2.75, 3.05) is 0 Å². The van der Waals surface area contributed by atoms with Crippen LogP contribution >= 0.6 is 15.9 Å². The first-order valence-electron chi connectivity index (χ1n) is 4.68. The molecule has 0 aromatic carbocycles. The summed E-state index contributed by atoms with van der Waals surface area (Å²) in [5.74, 6) is -0.343. The van der Waals surface area contributed by atoms with Crippen molar-refractivity contribution in [1.82, 2.24) is 9.97 Å². The molecule has 1 rings (SSSR count). The van der Waals surface area contributed by atoms with E-state index >= 15 is 0 Å². The van der Waals surface area contributed by atoms with Crippen LogP contribution in [0.4, 0.5) is 13.2 Å². The van der Waals surface area contributed by atoms with Gasteiger partial charge in [0.1, 0.15) is 16.7 Å². The summed E-state index contributed by atoms with van der Waals surface area (Å²) < 4.78 is 36.6. The number of aromatic nitrogens is 2. The maximum Gasteiger partial charge on any atom is 0.396 e. The Morgan fingerprint density at radius 1 is 1.44 bits per heavy atom. The van der Waals surface area contributed by atoms with E-state index in [0.29, 0.717) is 18.5 Å². The van der Waals surface area contributed by atoms with Crippen LogP contribution in [-0.4, -0.2) is 16.1 Å². The van der Waals surface area contributed by atoms with Crippen LogP contribution in [0.2, 0.25) is 0 Å². The van der Waals surface area contributed by atoms with Gasteiger partial charge >= 0.3 is 6.18 Å². The molecule has 0 aliphatic rings. The molecule has 0 saturated carbocycles. The second kappa shape index (κ2) is 4.99. The minimum absolute atomic E-state index is 0.209. The first-order chi connectivity index (χ1) is 7.33. The van der Waals surface area contributed by atoms with Crippen molar-refractivity contribution in [3.05, 3.63) is 26.3 Å². The van der Waals surface area contributed by atoms with Gasteiger partial charge in [-0.2, -0.15) is 13.2 Å². The smallest absolute Gasteiger partial charge is 0.309 e. The molecule has 1 aromatic heterocycles. The third-order valence-electron chi connectivity index (χ3n) is 1.84. The summed E-state index contributed by atoms with van der Waals surface area (Å²) in [4.78, 5) is 17.2. The molecule has 0 atom stereocenters. The number of halogens is 4. The van der Waals surface area contributed by atoms with Gasteiger partial charge in [0.2, 0.25) is 0 Å². The average Bonchev–Trinajstić information content (AvgIpc) is 2.11. The van der Waals surface area contributed by atoms with Crippen LogP contribution in [0.15, 0.2) is 9.27 Å². The molecule has 0 bridgehead atoms. The van der Waals surface area contributed by atoms with Gasteiger partial charge in [0, 0.05) is 0 Å². The summed E-state index contributed by atoms with van der Waals surface area (Å²) in [6.07, 6.45) is -4.41. The van der Waals surface area contributed by atoms with Gasteiger partial charge in [0.25, 0.3) is 5.56 Å². The molecule has 16 heavy (non-hydrogen) atoms. The van der Waals surface area contributed by atoms with Crippen LogP contribution in [0.25, 0.3) is 0 Å². The van der Waals surface area contributed by atoms with E-state index in [2.05, 4.69) is 25.9 Å². The van der Waals surface area contributed by atoms with Gasteiger partial charge in [-0.1, -0.05) is 13.3 Å². The van der Waals surface area contributed by atoms with Gasteiger partial charge in [-0.3, -0.25) is 4.79 Å². The fourth-order valence-electron chi connectivity index (χ4n) is 1.23. The number of rotatable bonds is 3. The fraction of sp³-hybridized carbons (Fsp3) is 0.556.